The molecule has 0 spiro atoms. The Labute approximate surface area is 184 Å². The van der Waals surface area contributed by atoms with Crippen molar-refractivity contribution < 1.29 is 19.3 Å². The Morgan fingerprint density at radius 2 is 1.63 bits per heavy atom. The lowest BCUT2D eigenvalue weighted by atomic mass is 10.2. The van der Waals surface area contributed by atoms with Gasteiger partial charge in [0.2, 0.25) is 5.53 Å². The number of nitrogens with zero attached hydrogens (tertiary/aromatic N) is 3. The number of carbonyl (C=O) groups is 2. The summed E-state index contributed by atoms with van der Waals surface area (Å²) in [5, 5.41) is 9.68. The highest BCUT2D eigenvalue weighted by Gasteiger charge is 2.54. The number of carbonyl (C=O) groups excluding carboxylic acids is 1. The molecule has 3 rings (SSSR count). The minimum Gasteiger partial charge on any atom is -0.480 e. The molecule has 7 nitrogen and oxygen atoms in total. The first-order valence-electron chi connectivity index (χ1n) is 10.7. The average molecular weight is 454 g/mol. The smallest absolute Gasteiger partial charge is 0.326 e. The molecule has 1 N–H and O–H groups in total. The van der Waals surface area contributed by atoms with E-state index in [4.69, 9.17) is 0 Å². The van der Waals surface area contributed by atoms with E-state index in [0.717, 1.165) is 69.2 Å². The summed E-state index contributed by atoms with van der Waals surface area (Å²) in [6.07, 6.45) is 4.15. The first-order chi connectivity index (χ1) is 14.5. The van der Waals surface area contributed by atoms with Crippen LogP contribution in [0.3, 0.4) is 0 Å². The second-order valence-corrected chi connectivity index (χ2v) is 9.80. The number of carboxylic acid groups (broad SMARTS) is 1. The molecule has 2 saturated heterocycles. The van der Waals surface area contributed by atoms with Crippen LogP contribution in [0.1, 0.15) is 44.6 Å². The largest absolute Gasteiger partial charge is 0.480 e. The summed E-state index contributed by atoms with van der Waals surface area (Å²) in [6, 6.07) is 8.66. The SMILES string of the molecule is CCC(C(=O)O)N(C(=O)SCc1ccccc1)C([PH2]=O)(N1CCCC1)N1CCCC1. The first kappa shape index (κ1) is 23.3. The summed E-state index contributed by atoms with van der Waals surface area (Å²) in [5.41, 5.74) is -0.131. The molecule has 2 heterocycles. The zero-order chi connectivity index (χ0) is 21.6. The van der Waals surface area contributed by atoms with Crippen molar-refractivity contribution in [2.75, 3.05) is 26.2 Å². The normalized spacial score (nSPS) is 19.5. The Morgan fingerprint density at radius 3 is 2.07 bits per heavy atom. The summed E-state index contributed by atoms with van der Waals surface area (Å²) < 4.78 is 13.0. The van der Waals surface area contributed by atoms with E-state index in [9.17, 15) is 19.3 Å². The summed E-state index contributed by atoms with van der Waals surface area (Å²) in [6.45, 7) is 4.70. The van der Waals surface area contributed by atoms with Crippen molar-refractivity contribution in [1.82, 2.24) is 14.7 Å². The molecule has 0 aliphatic carbocycles. The number of benzene rings is 1. The molecule has 9 heteroatoms. The van der Waals surface area contributed by atoms with Crippen molar-refractivity contribution in [3.63, 3.8) is 0 Å². The van der Waals surface area contributed by atoms with Crippen molar-refractivity contribution in [1.29, 1.82) is 0 Å². The van der Waals surface area contributed by atoms with Crippen molar-refractivity contribution >= 4 is 31.4 Å². The van der Waals surface area contributed by atoms with E-state index in [1.165, 1.54) is 4.90 Å². The van der Waals surface area contributed by atoms with E-state index in [1.54, 1.807) is 6.92 Å². The van der Waals surface area contributed by atoms with Crippen LogP contribution in [0.4, 0.5) is 4.79 Å². The van der Waals surface area contributed by atoms with E-state index in [-0.39, 0.29) is 11.7 Å². The molecule has 166 valence electrons. The molecular weight excluding hydrogens is 421 g/mol. The van der Waals surface area contributed by atoms with Gasteiger partial charge in [-0.1, -0.05) is 49.0 Å². The van der Waals surface area contributed by atoms with Crippen LogP contribution in [0.15, 0.2) is 30.3 Å². The molecule has 1 aromatic rings. The van der Waals surface area contributed by atoms with Crippen LogP contribution >= 0.6 is 20.2 Å². The molecule has 0 bridgehead atoms. The second-order valence-electron chi connectivity index (χ2n) is 7.87. The Morgan fingerprint density at radius 1 is 1.10 bits per heavy atom. The fraction of sp³-hybridized carbons (Fsp3) is 0.619. The second kappa shape index (κ2) is 10.8. The van der Waals surface area contributed by atoms with Gasteiger partial charge in [-0.3, -0.25) is 19.5 Å². The zero-order valence-corrected chi connectivity index (χ0v) is 19.5. The predicted octanol–water partition coefficient (Wildman–Crippen LogP) is 3.76. The van der Waals surface area contributed by atoms with Gasteiger partial charge < -0.3 is 9.67 Å². The van der Waals surface area contributed by atoms with E-state index in [1.807, 2.05) is 30.3 Å². The molecule has 2 unspecified atom stereocenters. The maximum absolute atomic E-state index is 13.6. The highest BCUT2D eigenvalue weighted by molar-refractivity contribution is 8.12. The van der Waals surface area contributed by atoms with Gasteiger partial charge in [0.05, 0.1) is 0 Å². The predicted molar refractivity (Wildman–Crippen MR) is 121 cm³/mol. The summed E-state index contributed by atoms with van der Waals surface area (Å²) in [4.78, 5) is 31.5. The van der Waals surface area contributed by atoms with Gasteiger partial charge >= 0.3 is 5.97 Å². The Bertz CT molecular complexity index is 723. The topological polar surface area (TPSA) is 81.2 Å². The van der Waals surface area contributed by atoms with Gasteiger partial charge in [0.15, 0.2) is 0 Å². The summed E-state index contributed by atoms with van der Waals surface area (Å²) >= 11 is 1.10. The number of amides is 1. The average Bonchev–Trinajstić information content (AvgIpc) is 3.48. The molecule has 1 amide bonds. The van der Waals surface area contributed by atoms with Gasteiger partial charge in [-0.2, -0.15) is 0 Å². The number of hydrogen-bond acceptors (Lipinski definition) is 6. The molecule has 2 aliphatic rings. The van der Waals surface area contributed by atoms with Crippen molar-refractivity contribution in [2.24, 2.45) is 0 Å². The first-order valence-corrected chi connectivity index (χ1v) is 12.8. The van der Waals surface area contributed by atoms with Crippen molar-refractivity contribution in [3.8, 4) is 0 Å². The van der Waals surface area contributed by atoms with E-state index in [2.05, 4.69) is 9.80 Å². The highest BCUT2D eigenvalue weighted by atomic mass is 32.2. The van der Waals surface area contributed by atoms with Gasteiger partial charge in [0.25, 0.3) is 5.24 Å². The van der Waals surface area contributed by atoms with Crippen LogP contribution in [-0.4, -0.2) is 68.8 Å². The monoisotopic (exact) mass is 453 g/mol. The van der Waals surface area contributed by atoms with Gasteiger partial charge in [-0.25, -0.2) is 4.79 Å². The third kappa shape index (κ3) is 4.77. The lowest BCUT2D eigenvalue weighted by molar-refractivity contribution is -0.150. The van der Waals surface area contributed by atoms with E-state index in [0.29, 0.717) is 5.75 Å². The quantitative estimate of drug-likeness (QED) is 0.570. The zero-order valence-electron chi connectivity index (χ0n) is 17.5. The molecule has 2 atom stereocenters. The Hall–Kier alpha value is -1.34. The molecule has 30 heavy (non-hydrogen) atoms. The Balaban J connectivity index is 1.99. The van der Waals surface area contributed by atoms with Crippen LogP contribution in [-0.2, 0) is 15.1 Å². The molecule has 2 aliphatic heterocycles. The van der Waals surface area contributed by atoms with Crippen molar-refractivity contribution in [3.05, 3.63) is 35.9 Å². The van der Waals surface area contributed by atoms with E-state index < -0.39 is 26.0 Å². The van der Waals surface area contributed by atoms with Gasteiger partial charge in [0.1, 0.15) is 14.5 Å². The molecule has 1 aromatic carbocycles. The number of thioether (sulfide) groups is 1. The minimum absolute atomic E-state index is 0.274. The molecule has 0 aromatic heterocycles. The maximum Gasteiger partial charge on any atom is 0.326 e. The molecular formula is C21H32N3O4PS. The molecule has 0 saturated carbocycles. The number of rotatable bonds is 9. The van der Waals surface area contributed by atoms with Crippen molar-refractivity contribution in [2.45, 2.75) is 56.4 Å². The highest BCUT2D eigenvalue weighted by Crippen LogP contribution is 2.43. The number of carboxylic acids is 1. The summed E-state index contributed by atoms with van der Waals surface area (Å²) in [7, 11) is -1.46. The Kier molecular flexibility index (Phi) is 8.40. The molecule has 2 fully saturated rings. The van der Waals surface area contributed by atoms with Gasteiger partial charge in [-0.15, -0.1) is 0 Å². The van der Waals surface area contributed by atoms with Crippen LogP contribution < -0.4 is 0 Å². The summed E-state index contributed by atoms with van der Waals surface area (Å²) in [5.74, 6) is -0.585. The van der Waals surface area contributed by atoms with Crippen LogP contribution in [0.25, 0.3) is 0 Å². The standard InChI is InChI=1S/C21H32N3O4PS/c1-2-18(19(25)26)24(20(27)30-16-17-10-4-3-5-11-17)21(29-28,22-12-6-7-13-22)23-14-8-9-15-23/h3-5,10-11,18H,2,6-9,12-16,29H2,1H3,(H,25,26). The fourth-order valence-corrected chi connectivity index (χ4v) is 6.75. The van der Waals surface area contributed by atoms with Gasteiger partial charge in [-0.05, 0) is 37.7 Å². The third-order valence-corrected chi connectivity index (χ3v) is 8.29. The fourth-order valence-electron chi connectivity index (χ4n) is 4.55. The number of likely N-dealkylation sites (tertiary alicyclic amines) is 2. The van der Waals surface area contributed by atoms with Crippen LogP contribution in [0.5, 0.6) is 0 Å². The van der Waals surface area contributed by atoms with Gasteiger partial charge in [0, 0.05) is 31.9 Å². The number of aliphatic carboxylic acids is 1. The third-order valence-electron chi connectivity index (χ3n) is 6.04. The minimum atomic E-state index is -1.46. The van der Waals surface area contributed by atoms with E-state index >= 15 is 0 Å². The maximum atomic E-state index is 13.6. The lowest BCUT2D eigenvalue weighted by Crippen LogP contribution is -2.69. The van der Waals surface area contributed by atoms with Crippen LogP contribution in [0.2, 0.25) is 0 Å². The number of hydrogen-bond donors (Lipinski definition) is 1. The molecule has 0 radical (unpaired) electrons. The van der Waals surface area contributed by atoms with Crippen LogP contribution in [0, 0.1) is 0 Å². The lowest BCUT2D eigenvalue weighted by Gasteiger charge is -2.52.